The van der Waals surface area contributed by atoms with Gasteiger partial charge in [0, 0.05) is 76.0 Å². The van der Waals surface area contributed by atoms with Gasteiger partial charge in [-0.15, -0.1) is 6.42 Å². The minimum absolute atomic E-state index is 0.00384. The minimum atomic E-state index is -1.07. The van der Waals surface area contributed by atoms with E-state index in [9.17, 15) is 14.4 Å². The summed E-state index contributed by atoms with van der Waals surface area (Å²) >= 11 is 0. The van der Waals surface area contributed by atoms with Gasteiger partial charge in [0.15, 0.2) is 17.3 Å². The van der Waals surface area contributed by atoms with Gasteiger partial charge in [-0.25, -0.2) is 4.79 Å². The van der Waals surface area contributed by atoms with Crippen molar-refractivity contribution in [2.24, 2.45) is 4.99 Å². The number of piperazine rings is 1. The van der Waals surface area contributed by atoms with Crippen LogP contribution in [0.1, 0.15) is 52.5 Å². The first kappa shape index (κ1) is 39.3. The number of nitrogens with zero attached hydrogens (tertiary/aromatic N) is 3. The normalized spacial score (nSPS) is 14.8. The highest BCUT2D eigenvalue weighted by molar-refractivity contribution is 6.09. The van der Waals surface area contributed by atoms with Crippen molar-refractivity contribution in [2.45, 2.75) is 64.6 Å². The van der Waals surface area contributed by atoms with Crippen LogP contribution < -0.4 is 14.2 Å². The highest BCUT2D eigenvalue weighted by Gasteiger charge is 2.35. The van der Waals surface area contributed by atoms with Crippen molar-refractivity contribution in [3.63, 3.8) is 0 Å². The SMILES string of the molecule is C#C/C=C(\C=NC)C(=O)OCCCOC(=O)CCC(=O)C(C)(C)OCC(C)(C)N1CCN(Cc2ccc(OC)c(OC)c2OC)CC1. The van der Waals surface area contributed by atoms with Gasteiger partial charge in [0.2, 0.25) is 5.75 Å². The van der Waals surface area contributed by atoms with E-state index in [-0.39, 0.29) is 43.0 Å². The van der Waals surface area contributed by atoms with Crippen LogP contribution in [-0.4, -0.2) is 119 Å². The van der Waals surface area contributed by atoms with E-state index in [1.807, 2.05) is 12.1 Å². The Kier molecular flexibility index (Phi) is 15.9. The maximum absolute atomic E-state index is 13.0. The van der Waals surface area contributed by atoms with Crippen LogP contribution in [-0.2, 0) is 35.1 Å². The van der Waals surface area contributed by atoms with Gasteiger partial charge in [-0.2, -0.15) is 0 Å². The summed E-state index contributed by atoms with van der Waals surface area (Å²) in [4.78, 5) is 45.7. The second-order valence-corrected chi connectivity index (χ2v) is 12.2. The number of hydrogen-bond acceptors (Lipinski definition) is 12. The number of benzene rings is 1. The Bertz CT molecular complexity index is 1310. The highest BCUT2D eigenvalue weighted by atomic mass is 16.5. The molecule has 1 aromatic carbocycles. The zero-order valence-electron chi connectivity index (χ0n) is 29.2. The Morgan fingerprint density at radius 2 is 1.60 bits per heavy atom. The number of terminal acetylenes is 1. The lowest BCUT2D eigenvalue weighted by molar-refractivity contribution is -0.151. The van der Waals surface area contributed by atoms with Crippen LogP contribution in [0.15, 0.2) is 28.8 Å². The molecule has 12 heteroatoms. The molecule has 1 aliphatic heterocycles. The number of ether oxygens (including phenoxy) is 6. The summed E-state index contributed by atoms with van der Waals surface area (Å²) in [6, 6.07) is 3.90. The number of aliphatic imine (C=N–C) groups is 1. The molecule has 1 aromatic rings. The zero-order valence-corrected chi connectivity index (χ0v) is 29.2. The monoisotopic (exact) mass is 657 g/mol. The van der Waals surface area contributed by atoms with E-state index in [1.165, 1.54) is 19.3 Å². The Hall–Kier alpha value is -3.92. The minimum Gasteiger partial charge on any atom is -0.493 e. The first-order valence-corrected chi connectivity index (χ1v) is 15.7. The van der Waals surface area contributed by atoms with Crippen LogP contribution in [0.5, 0.6) is 17.2 Å². The molecule has 0 saturated carbocycles. The van der Waals surface area contributed by atoms with E-state index in [2.05, 4.69) is 34.6 Å². The van der Waals surface area contributed by atoms with E-state index in [0.717, 1.165) is 31.7 Å². The summed E-state index contributed by atoms with van der Waals surface area (Å²) < 4.78 is 33.1. The maximum atomic E-state index is 13.0. The smallest absolute Gasteiger partial charge is 0.340 e. The van der Waals surface area contributed by atoms with Crippen LogP contribution >= 0.6 is 0 Å². The second-order valence-electron chi connectivity index (χ2n) is 12.2. The molecule has 0 bridgehead atoms. The molecular weight excluding hydrogens is 606 g/mol. The van der Waals surface area contributed by atoms with Crippen molar-refractivity contribution in [2.75, 3.05) is 74.4 Å². The third-order valence-electron chi connectivity index (χ3n) is 7.95. The predicted molar refractivity (Wildman–Crippen MR) is 179 cm³/mol. The summed E-state index contributed by atoms with van der Waals surface area (Å²) in [6.45, 7) is 12.2. The lowest BCUT2D eigenvalue weighted by Crippen LogP contribution is -2.57. The molecule has 1 aliphatic rings. The molecule has 0 spiro atoms. The second kappa shape index (κ2) is 19.0. The quantitative estimate of drug-likeness (QED) is 0.0714. The van der Waals surface area contributed by atoms with Crippen LogP contribution in [0.4, 0.5) is 0 Å². The van der Waals surface area contributed by atoms with Crippen molar-refractivity contribution in [1.29, 1.82) is 0 Å². The molecule has 0 aromatic heterocycles. The van der Waals surface area contributed by atoms with Crippen LogP contribution in [0.2, 0.25) is 0 Å². The standard InChI is InChI=1S/C35H51N3O9/c1-10-12-26(23-36-6)33(41)46-22-11-21-45-30(40)16-15-29(39)35(4,5)47-25-34(2,3)38-19-17-37(18-20-38)24-27-13-14-28(42-7)32(44-9)31(27)43-8/h1,12-14,23H,11,15-22,24-25H2,2-9H3/b26-12+,36-23?. The van der Waals surface area contributed by atoms with E-state index in [1.54, 1.807) is 35.2 Å². The fourth-order valence-electron chi connectivity index (χ4n) is 5.03. The molecule has 47 heavy (non-hydrogen) atoms. The number of methoxy groups -OCH3 is 3. The molecule has 0 unspecified atom stereocenters. The van der Waals surface area contributed by atoms with Gasteiger partial charge in [0.1, 0.15) is 5.60 Å². The van der Waals surface area contributed by atoms with E-state index in [0.29, 0.717) is 36.8 Å². The average molecular weight is 658 g/mol. The molecule has 1 saturated heterocycles. The molecular formula is C35H51N3O9. The third-order valence-corrected chi connectivity index (χ3v) is 7.95. The summed E-state index contributed by atoms with van der Waals surface area (Å²) in [5.41, 5.74) is -0.196. The fourth-order valence-corrected chi connectivity index (χ4v) is 5.03. The molecule has 0 N–H and O–H groups in total. The Morgan fingerprint density at radius 1 is 0.936 bits per heavy atom. The highest BCUT2D eigenvalue weighted by Crippen LogP contribution is 2.40. The summed E-state index contributed by atoms with van der Waals surface area (Å²) in [5.74, 6) is 2.85. The first-order chi connectivity index (χ1) is 22.3. The molecule has 0 atom stereocenters. The molecule has 260 valence electrons. The maximum Gasteiger partial charge on any atom is 0.340 e. The van der Waals surface area contributed by atoms with Gasteiger partial charge in [0.05, 0.1) is 53.1 Å². The lowest BCUT2D eigenvalue weighted by Gasteiger charge is -2.45. The molecule has 1 fully saturated rings. The van der Waals surface area contributed by atoms with Crippen LogP contribution in [0.3, 0.4) is 0 Å². The van der Waals surface area contributed by atoms with Gasteiger partial charge in [-0.1, -0.05) is 12.0 Å². The lowest BCUT2D eigenvalue weighted by atomic mass is 9.97. The Labute approximate surface area is 279 Å². The fraction of sp³-hybridized carbons (Fsp3) is 0.600. The number of carbonyl (C=O) groups excluding carboxylic acids is 3. The van der Waals surface area contributed by atoms with E-state index >= 15 is 0 Å². The number of ketones is 1. The van der Waals surface area contributed by atoms with Crippen molar-refractivity contribution in [3.8, 4) is 29.6 Å². The topological polar surface area (TPSA) is 125 Å². The molecule has 12 nitrogen and oxygen atoms in total. The molecule has 1 heterocycles. The van der Waals surface area contributed by atoms with Crippen molar-refractivity contribution < 1.29 is 42.8 Å². The summed E-state index contributed by atoms with van der Waals surface area (Å²) in [5, 5.41) is 0. The van der Waals surface area contributed by atoms with Crippen molar-refractivity contribution in [3.05, 3.63) is 29.3 Å². The number of esters is 2. The Morgan fingerprint density at radius 3 is 2.19 bits per heavy atom. The number of hydrogen-bond donors (Lipinski definition) is 0. The molecule has 0 radical (unpaired) electrons. The Balaban J connectivity index is 1.75. The van der Waals surface area contributed by atoms with Crippen LogP contribution in [0, 0.1) is 12.3 Å². The zero-order chi connectivity index (χ0) is 35.0. The van der Waals surface area contributed by atoms with Crippen molar-refractivity contribution >= 4 is 23.9 Å². The molecule has 2 rings (SSSR count). The third kappa shape index (κ3) is 12.0. The van der Waals surface area contributed by atoms with Gasteiger partial charge < -0.3 is 28.4 Å². The number of Topliss-reactive ketones (excluding diaryl/α,β-unsaturated/α-hetero) is 1. The molecule has 0 aliphatic carbocycles. The van der Waals surface area contributed by atoms with Gasteiger partial charge >= 0.3 is 11.9 Å². The number of allylic oxidation sites excluding steroid dienone is 1. The number of rotatable bonds is 19. The van der Waals surface area contributed by atoms with Gasteiger partial charge in [0.25, 0.3) is 0 Å². The first-order valence-electron chi connectivity index (χ1n) is 15.7. The summed E-state index contributed by atoms with van der Waals surface area (Å²) in [7, 11) is 6.35. The van der Waals surface area contributed by atoms with Gasteiger partial charge in [-0.3, -0.25) is 24.4 Å². The average Bonchev–Trinajstić information content (AvgIpc) is 3.05. The summed E-state index contributed by atoms with van der Waals surface area (Å²) in [6.07, 6.45) is 8.01. The van der Waals surface area contributed by atoms with E-state index < -0.39 is 17.5 Å². The predicted octanol–water partition coefficient (Wildman–Crippen LogP) is 3.49. The van der Waals surface area contributed by atoms with Crippen molar-refractivity contribution in [1.82, 2.24) is 9.80 Å². The molecule has 0 amide bonds. The van der Waals surface area contributed by atoms with Gasteiger partial charge in [-0.05, 0) is 33.8 Å². The van der Waals surface area contributed by atoms with Crippen LogP contribution in [0.25, 0.3) is 0 Å². The number of carbonyl (C=O) groups is 3. The van der Waals surface area contributed by atoms with E-state index in [4.69, 9.17) is 34.8 Å². The largest absolute Gasteiger partial charge is 0.493 e.